The zero-order valence-electron chi connectivity index (χ0n) is 13.0. The molecule has 6 nitrogen and oxygen atoms in total. The Morgan fingerprint density at radius 3 is 2.46 bits per heavy atom. The molecule has 6 heteroatoms. The molecule has 24 heavy (non-hydrogen) atoms. The standard InChI is InChI=1S/C18H18N2O4/c19-18(22)17(13-4-2-1-3-5-13)20-16(21)11-12-6-7-14-15(10-12)24-9-8-23-14/h1-7,10,17H,8-9,11H2,(H2,19,22)(H,20,21)/t17-/m0/s1. The van der Waals surface area contributed by atoms with Crippen LogP contribution in [0, 0.1) is 0 Å². The molecule has 0 unspecified atom stereocenters. The predicted octanol–water partition coefficient (Wildman–Crippen LogP) is 1.34. The molecule has 3 rings (SSSR count). The van der Waals surface area contributed by atoms with Crippen molar-refractivity contribution in [1.82, 2.24) is 5.32 Å². The Balaban J connectivity index is 1.69. The lowest BCUT2D eigenvalue weighted by molar-refractivity contribution is -0.127. The number of rotatable bonds is 5. The Morgan fingerprint density at radius 1 is 1.04 bits per heavy atom. The lowest BCUT2D eigenvalue weighted by Crippen LogP contribution is -2.38. The van der Waals surface area contributed by atoms with Crippen molar-refractivity contribution in [3.05, 3.63) is 59.7 Å². The molecular formula is C18H18N2O4. The van der Waals surface area contributed by atoms with Crippen LogP contribution in [0.25, 0.3) is 0 Å². The van der Waals surface area contributed by atoms with Gasteiger partial charge in [0.1, 0.15) is 19.3 Å². The summed E-state index contributed by atoms with van der Waals surface area (Å²) in [4.78, 5) is 23.9. The normalized spacial score (nSPS) is 13.8. The maximum absolute atomic E-state index is 12.3. The zero-order valence-corrected chi connectivity index (χ0v) is 13.0. The van der Waals surface area contributed by atoms with Gasteiger partial charge in [0, 0.05) is 0 Å². The van der Waals surface area contributed by atoms with Crippen molar-refractivity contribution >= 4 is 11.8 Å². The van der Waals surface area contributed by atoms with Crippen LogP contribution in [0.5, 0.6) is 11.5 Å². The van der Waals surface area contributed by atoms with E-state index < -0.39 is 11.9 Å². The Morgan fingerprint density at radius 2 is 1.75 bits per heavy atom. The van der Waals surface area contributed by atoms with Gasteiger partial charge < -0.3 is 20.5 Å². The van der Waals surface area contributed by atoms with Crippen LogP contribution < -0.4 is 20.5 Å². The van der Waals surface area contributed by atoms with E-state index in [0.717, 1.165) is 5.56 Å². The summed E-state index contributed by atoms with van der Waals surface area (Å²) >= 11 is 0. The fourth-order valence-electron chi connectivity index (χ4n) is 2.56. The second-order valence-electron chi connectivity index (χ2n) is 5.47. The molecule has 2 aromatic carbocycles. The molecule has 3 N–H and O–H groups in total. The summed E-state index contributed by atoms with van der Waals surface area (Å²) in [6.07, 6.45) is 0.118. The highest BCUT2D eigenvalue weighted by Crippen LogP contribution is 2.30. The monoisotopic (exact) mass is 326 g/mol. The van der Waals surface area contributed by atoms with Gasteiger partial charge in [0.2, 0.25) is 11.8 Å². The van der Waals surface area contributed by atoms with Crippen LogP contribution in [0.2, 0.25) is 0 Å². The highest BCUT2D eigenvalue weighted by atomic mass is 16.6. The van der Waals surface area contributed by atoms with Gasteiger partial charge in [-0.3, -0.25) is 9.59 Å². The molecule has 2 aromatic rings. The number of hydrogen-bond donors (Lipinski definition) is 2. The Labute approximate surface area is 139 Å². The van der Waals surface area contributed by atoms with Crippen molar-refractivity contribution in [2.75, 3.05) is 13.2 Å². The van der Waals surface area contributed by atoms with Gasteiger partial charge in [-0.1, -0.05) is 36.4 Å². The molecule has 0 saturated heterocycles. The number of carbonyl (C=O) groups is 2. The number of benzene rings is 2. The second-order valence-corrected chi connectivity index (χ2v) is 5.47. The number of amides is 2. The first-order chi connectivity index (χ1) is 11.6. The van der Waals surface area contributed by atoms with E-state index in [0.29, 0.717) is 30.3 Å². The van der Waals surface area contributed by atoms with Crippen LogP contribution >= 0.6 is 0 Å². The molecule has 0 fully saturated rings. The Kier molecular flexibility index (Phi) is 4.65. The van der Waals surface area contributed by atoms with Crippen LogP contribution in [-0.4, -0.2) is 25.0 Å². The van der Waals surface area contributed by atoms with Crippen molar-refractivity contribution in [1.29, 1.82) is 0 Å². The van der Waals surface area contributed by atoms with Gasteiger partial charge in [0.25, 0.3) is 0 Å². The van der Waals surface area contributed by atoms with E-state index in [1.54, 1.807) is 42.5 Å². The third-order valence-electron chi connectivity index (χ3n) is 3.69. The van der Waals surface area contributed by atoms with E-state index in [1.807, 2.05) is 6.07 Å². The van der Waals surface area contributed by atoms with Gasteiger partial charge in [-0.15, -0.1) is 0 Å². The van der Waals surface area contributed by atoms with E-state index in [2.05, 4.69) is 5.32 Å². The number of primary amides is 1. The maximum atomic E-state index is 12.3. The summed E-state index contributed by atoms with van der Waals surface area (Å²) in [5, 5.41) is 2.68. The van der Waals surface area contributed by atoms with Crippen molar-refractivity contribution in [2.45, 2.75) is 12.5 Å². The molecule has 0 saturated carbocycles. The van der Waals surface area contributed by atoms with E-state index >= 15 is 0 Å². The summed E-state index contributed by atoms with van der Waals surface area (Å²) in [6, 6.07) is 13.4. The minimum atomic E-state index is -0.851. The van der Waals surface area contributed by atoms with Crippen LogP contribution in [0.4, 0.5) is 0 Å². The molecule has 124 valence electrons. The molecule has 2 amide bonds. The van der Waals surface area contributed by atoms with Gasteiger partial charge in [0.05, 0.1) is 6.42 Å². The van der Waals surface area contributed by atoms with Crippen molar-refractivity contribution < 1.29 is 19.1 Å². The quantitative estimate of drug-likeness (QED) is 0.867. The summed E-state index contributed by atoms with van der Waals surface area (Å²) in [5.41, 5.74) is 6.84. The van der Waals surface area contributed by atoms with Crippen LogP contribution in [0.15, 0.2) is 48.5 Å². The van der Waals surface area contributed by atoms with Gasteiger partial charge in [-0.25, -0.2) is 0 Å². The van der Waals surface area contributed by atoms with Crippen molar-refractivity contribution in [3.63, 3.8) is 0 Å². The molecule has 0 radical (unpaired) electrons. The summed E-state index contributed by atoms with van der Waals surface area (Å²) in [6.45, 7) is 1.00. The molecule has 0 spiro atoms. The second kappa shape index (κ2) is 7.04. The highest BCUT2D eigenvalue weighted by Gasteiger charge is 2.20. The largest absolute Gasteiger partial charge is 0.486 e. The molecule has 1 atom stereocenters. The topological polar surface area (TPSA) is 90.7 Å². The fraction of sp³-hybridized carbons (Fsp3) is 0.222. The van der Waals surface area contributed by atoms with Gasteiger partial charge >= 0.3 is 0 Å². The van der Waals surface area contributed by atoms with Crippen molar-refractivity contribution in [2.24, 2.45) is 5.73 Å². The maximum Gasteiger partial charge on any atom is 0.244 e. The average Bonchev–Trinajstić information content (AvgIpc) is 2.60. The smallest absolute Gasteiger partial charge is 0.244 e. The third-order valence-corrected chi connectivity index (χ3v) is 3.69. The molecule has 1 aliphatic heterocycles. The Hall–Kier alpha value is -3.02. The summed E-state index contributed by atoms with van der Waals surface area (Å²) in [5.74, 6) is 0.404. The predicted molar refractivity (Wildman–Crippen MR) is 87.7 cm³/mol. The first-order valence-electron chi connectivity index (χ1n) is 7.65. The molecule has 0 aromatic heterocycles. The van der Waals surface area contributed by atoms with Gasteiger partial charge in [-0.2, -0.15) is 0 Å². The van der Waals surface area contributed by atoms with Crippen LogP contribution in [-0.2, 0) is 16.0 Å². The third kappa shape index (κ3) is 3.65. The summed E-state index contributed by atoms with van der Waals surface area (Å²) < 4.78 is 11.0. The van der Waals surface area contributed by atoms with E-state index in [4.69, 9.17) is 15.2 Å². The molecule has 1 aliphatic rings. The lowest BCUT2D eigenvalue weighted by atomic mass is 10.1. The van der Waals surface area contributed by atoms with Gasteiger partial charge in [-0.05, 0) is 23.3 Å². The van der Waals surface area contributed by atoms with Crippen LogP contribution in [0.3, 0.4) is 0 Å². The number of ether oxygens (including phenoxy) is 2. The molecule has 0 bridgehead atoms. The van der Waals surface area contributed by atoms with Gasteiger partial charge in [0.15, 0.2) is 11.5 Å². The Bertz CT molecular complexity index is 746. The van der Waals surface area contributed by atoms with E-state index in [-0.39, 0.29) is 12.3 Å². The zero-order chi connectivity index (χ0) is 16.9. The summed E-state index contributed by atoms with van der Waals surface area (Å²) in [7, 11) is 0. The number of carbonyl (C=O) groups excluding carboxylic acids is 2. The van der Waals surface area contributed by atoms with E-state index in [1.165, 1.54) is 0 Å². The first kappa shape index (κ1) is 15.9. The average molecular weight is 326 g/mol. The number of nitrogens with one attached hydrogen (secondary N) is 1. The van der Waals surface area contributed by atoms with Crippen molar-refractivity contribution in [3.8, 4) is 11.5 Å². The van der Waals surface area contributed by atoms with Crippen LogP contribution in [0.1, 0.15) is 17.2 Å². The highest BCUT2D eigenvalue weighted by molar-refractivity contribution is 5.88. The minimum Gasteiger partial charge on any atom is -0.486 e. The molecule has 1 heterocycles. The molecular weight excluding hydrogens is 308 g/mol. The number of hydrogen-bond acceptors (Lipinski definition) is 4. The number of fused-ring (bicyclic) bond motifs is 1. The number of nitrogens with two attached hydrogens (primary N) is 1. The minimum absolute atomic E-state index is 0.118. The van der Waals surface area contributed by atoms with E-state index in [9.17, 15) is 9.59 Å². The molecule has 0 aliphatic carbocycles. The SMILES string of the molecule is NC(=O)[C@@H](NC(=O)Cc1ccc2c(c1)OCCO2)c1ccccc1. The first-order valence-corrected chi connectivity index (χ1v) is 7.65. The lowest BCUT2D eigenvalue weighted by Gasteiger charge is -2.19. The fourth-order valence-corrected chi connectivity index (χ4v) is 2.56.